The minimum absolute atomic E-state index is 0.149. The molecule has 0 aliphatic carbocycles. The maximum atomic E-state index is 10.4. The van der Waals surface area contributed by atoms with E-state index >= 15 is 0 Å². The topological polar surface area (TPSA) is 64.8 Å². The van der Waals surface area contributed by atoms with Gasteiger partial charge in [0, 0.05) is 0 Å². The van der Waals surface area contributed by atoms with Gasteiger partial charge in [-0.05, 0) is 24.3 Å². The third-order valence-electron chi connectivity index (χ3n) is 5.60. The molecule has 0 spiro atoms. The summed E-state index contributed by atoms with van der Waals surface area (Å²) >= 11 is 0. The molecule has 7 heteroatoms. The zero-order chi connectivity index (χ0) is 20.8. The molecule has 1 fully saturated rings. The van der Waals surface area contributed by atoms with Gasteiger partial charge in [0.1, 0.15) is 25.0 Å². The van der Waals surface area contributed by atoms with Crippen LogP contribution in [0.1, 0.15) is 0 Å². The lowest BCUT2D eigenvalue weighted by Crippen LogP contribution is -3.16. The second-order valence-corrected chi connectivity index (χ2v) is 7.80. The van der Waals surface area contributed by atoms with E-state index in [0.717, 1.165) is 49.1 Å². The van der Waals surface area contributed by atoms with Crippen LogP contribution in [0, 0.1) is 0 Å². The number of nitrogens with zero attached hydrogens (tertiary/aromatic N) is 1. The van der Waals surface area contributed by atoms with E-state index in [1.54, 1.807) is 7.11 Å². The van der Waals surface area contributed by atoms with Crippen LogP contribution in [0.3, 0.4) is 0 Å². The molecule has 2 heterocycles. The van der Waals surface area contributed by atoms with Crippen molar-refractivity contribution in [2.75, 3.05) is 64.6 Å². The fourth-order valence-corrected chi connectivity index (χ4v) is 4.03. The van der Waals surface area contributed by atoms with Gasteiger partial charge in [-0.2, -0.15) is 0 Å². The smallest absolute Gasteiger partial charge is 0.161 e. The molecule has 0 bridgehead atoms. The number of rotatable bonds is 8. The molecule has 0 radical (unpaired) electrons. The highest BCUT2D eigenvalue weighted by atomic mass is 16.6. The zero-order valence-corrected chi connectivity index (χ0v) is 17.5. The van der Waals surface area contributed by atoms with Crippen molar-refractivity contribution in [3.05, 3.63) is 48.5 Å². The van der Waals surface area contributed by atoms with E-state index < -0.39 is 6.10 Å². The van der Waals surface area contributed by atoms with Crippen LogP contribution in [0.4, 0.5) is 5.69 Å². The molecule has 0 amide bonds. The van der Waals surface area contributed by atoms with Gasteiger partial charge in [-0.15, -0.1) is 0 Å². The molecule has 0 saturated carbocycles. The summed E-state index contributed by atoms with van der Waals surface area (Å²) in [4.78, 5) is 3.74. The van der Waals surface area contributed by atoms with Crippen LogP contribution in [-0.2, 0) is 4.74 Å². The minimum Gasteiger partial charge on any atom is -0.495 e. The van der Waals surface area contributed by atoms with Crippen molar-refractivity contribution >= 4 is 5.69 Å². The maximum Gasteiger partial charge on any atom is 0.161 e. The Morgan fingerprint density at radius 3 is 2.63 bits per heavy atom. The Balaban J connectivity index is 1.16. The van der Waals surface area contributed by atoms with Crippen molar-refractivity contribution in [3.8, 4) is 17.2 Å². The van der Waals surface area contributed by atoms with E-state index in [-0.39, 0.29) is 6.10 Å². The predicted octanol–water partition coefficient (Wildman–Crippen LogP) is 0.618. The fourth-order valence-electron chi connectivity index (χ4n) is 4.03. The van der Waals surface area contributed by atoms with E-state index in [9.17, 15) is 5.11 Å². The molecular formula is C23H31N2O5+. The van der Waals surface area contributed by atoms with E-state index in [1.165, 1.54) is 4.90 Å². The highest BCUT2D eigenvalue weighted by Gasteiger charge is 2.25. The molecule has 7 nitrogen and oxygen atoms in total. The van der Waals surface area contributed by atoms with E-state index in [4.69, 9.17) is 18.9 Å². The van der Waals surface area contributed by atoms with Crippen molar-refractivity contribution in [1.29, 1.82) is 0 Å². The van der Waals surface area contributed by atoms with Crippen molar-refractivity contribution < 1.29 is 29.0 Å². The van der Waals surface area contributed by atoms with Gasteiger partial charge in [-0.25, -0.2) is 0 Å². The molecule has 2 aromatic rings. The molecule has 30 heavy (non-hydrogen) atoms. The Morgan fingerprint density at radius 1 is 1.10 bits per heavy atom. The number of fused-ring (bicyclic) bond motifs is 1. The SMILES string of the molecule is COc1ccccc1N1CC[NH+](C[C@H](O)COC[C@H]2COc3ccccc3O2)CC1. The number of hydrogen-bond acceptors (Lipinski definition) is 6. The summed E-state index contributed by atoms with van der Waals surface area (Å²) in [6.45, 7) is 5.69. The normalized spacial score (nSPS) is 20.1. The standard InChI is InChI=1S/C23H30N2O5/c1-27-21-7-3-2-6-20(21)25-12-10-24(11-13-25)14-18(26)15-28-16-19-17-29-22-8-4-5-9-23(22)30-19/h2-9,18-19,26H,10-17H2,1H3/p+1/t18-,19-/m0/s1. The molecule has 2 aromatic carbocycles. The van der Waals surface area contributed by atoms with E-state index in [0.29, 0.717) is 26.4 Å². The van der Waals surface area contributed by atoms with Crippen LogP contribution in [0.2, 0.25) is 0 Å². The summed E-state index contributed by atoms with van der Waals surface area (Å²) in [5, 5.41) is 10.4. The minimum atomic E-state index is -0.491. The summed E-state index contributed by atoms with van der Waals surface area (Å²) in [6, 6.07) is 15.8. The van der Waals surface area contributed by atoms with Crippen LogP contribution in [0.15, 0.2) is 48.5 Å². The number of methoxy groups -OCH3 is 1. The number of hydrogen-bond donors (Lipinski definition) is 2. The van der Waals surface area contributed by atoms with Gasteiger partial charge in [-0.1, -0.05) is 24.3 Å². The summed E-state index contributed by atoms with van der Waals surface area (Å²) in [7, 11) is 1.71. The summed E-state index contributed by atoms with van der Waals surface area (Å²) < 4.78 is 22.8. The number of benzene rings is 2. The molecule has 2 atom stereocenters. The number of ether oxygens (including phenoxy) is 4. The second-order valence-electron chi connectivity index (χ2n) is 7.80. The first-order valence-corrected chi connectivity index (χ1v) is 10.6. The third kappa shape index (κ3) is 5.16. The van der Waals surface area contributed by atoms with Crippen molar-refractivity contribution in [3.63, 3.8) is 0 Å². The molecule has 4 rings (SSSR count). The van der Waals surface area contributed by atoms with Gasteiger partial charge in [0.05, 0.1) is 52.2 Å². The van der Waals surface area contributed by atoms with Crippen molar-refractivity contribution in [1.82, 2.24) is 0 Å². The molecule has 1 saturated heterocycles. The first kappa shape index (κ1) is 20.8. The average molecular weight is 416 g/mol. The average Bonchev–Trinajstić information content (AvgIpc) is 2.79. The number of anilines is 1. The third-order valence-corrected chi connectivity index (χ3v) is 5.60. The quantitative estimate of drug-likeness (QED) is 0.659. The summed E-state index contributed by atoms with van der Waals surface area (Å²) in [5.74, 6) is 2.42. The van der Waals surface area contributed by atoms with Crippen molar-refractivity contribution in [2.45, 2.75) is 12.2 Å². The first-order valence-electron chi connectivity index (χ1n) is 10.6. The van der Waals surface area contributed by atoms with Gasteiger partial charge in [0.25, 0.3) is 0 Å². The maximum absolute atomic E-state index is 10.4. The fraction of sp³-hybridized carbons (Fsp3) is 0.478. The predicted molar refractivity (Wildman–Crippen MR) is 114 cm³/mol. The van der Waals surface area contributed by atoms with E-state index in [1.807, 2.05) is 42.5 Å². The van der Waals surface area contributed by atoms with Gasteiger partial charge >= 0.3 is 0 Å². The van der Waals surface area contributed by atoms with E-state index in [2.05, 4.69) is 11.0 Å². The second kappa shape index (κ2) is 10.0. The molecule has 0 unspecified atom stereocenters. The van der Waals surface area contributed by atoms with Gasteiger partial charge < -0.3 is 33.9 Å². The molecule has 162 valence electrons. The molecule has 0 aromatic heterocycles. The van der Waals surface area contributed by atoms with Crippen LogP contribution >= 0.6 is 0 Å². The van der Waals surface area contributed by atoms with Crippen molar-refractivity contribution in [2.24, 2.45) is 0 Å². The number of para-hydroxylation sites is 4. The van der Waals surface area contributed by atoms with Gasteiger partial charge in [-0.3, -0.25) is 0 Å². The summed E-state index contributed by atoms with van der Waals surface area (Å²) in [5.41, 5.74) is 1.14. The van der Waals surface area contributed by atoms with Crippen LogP contribution in [0.25, 0.3) is 0 Å². The Morgan fingerprint density at radius 2 is 1.83 bits per heavy atom. The lowest BCUT2D eigenvalue weighted by Gasteiger charge is -2.35. The van der Waals surface area contributed by atoms with Gasteiger partial charge in [0.2, 0.25) is 0 Å². The van der Waals surface area contributed by atoms with Gasteiger partial charge in [0.15, 0.2) is 17.6 Å². The Bertz CT molecular complexity index is 810. The number of aliphatic hydroxyl groups is 1. The number of piperazine rings is 1. The number of nitrogens with one attached hydrogen (secondary N) is 1. The number of quaternary nitrogens is 1. The largest absolute Gasteiger partial charge is 0.495 e. The zero-order valence-electron chi connectivity index (χ0n) is 17.5. The van der Waals surface area contributed by atoms with Crippen LogP contribution < -0.4 is 24.0 Å². The molecule has 2 aliphatic heterocycles. The van der Waals surface area contributed by atoms with Crippen LogP contribution in [0.5, 0.6) is 17.2 Å². The monoisotopic (exact) mass is 415 g/mol. The van der Waals surface area contributed by atoms with Crippen LogP contribution in [-0.4, -0.2) is 77.0 Å². The Hall–Kier alpha value is -2.48. The number of aliphatic hydroxyl groups excluding tert-OH is 1. The lowest BCUT2D eigenvalue weighted by atomic mass is 10.2. The molecule has 2 N–H and O–H groups in total. The molecular weight excluding hydrogens is 384 g/mol. The Labute approximate surface area is 177 Å². The highest BCUT2D eigenvalue weighted by Crippen LogP contribution is 2.31. The first-order chi connectivity index (χ1) is 14.7. The summed E-state index contributed by atoms with van der Waals surface area (Å²) in [6.07, 6.45) is -0.640. The Kier molecular flexibility index (Phi) is 6.94. The highest BCUT2D eigenvalue weighted by molar-refractivity contribution is 5.58. The molecule has 2 aliphatic rings. The lowest BCUT2D eigenvalue weighted by molar-refractivity contribution is -0.903.